The van der Waals surface area contributed by atoms with Gasteiger partial charge in [-0.1, -0.05) is 22.9 Å². The monoisotopic (exact) mass is 301 g/mol. The van der Waals surface area contributed by atoms with E-state index in [2.05, 4.69) is 28.2 Å². The lowest BCUT2D eigenvalue weighted by Gasteiger charge is -2.08. The van der Waals surface area contributed by atoms with Crippen LogP contribution in [0.4, 0.5) is 4.39 Å². The Bertz CT molecular complexity index is 353. The topological polar surface area (TPSA) is 29.1 Å². The van der Waals surface area contributed by atoms with Crippen LogP contribution >= 0.6 is 15.9 Å². The second-order valence-electron chi connectivity index (χ2n) is 4.16. The van der Waals surface area contributed by atoms with E-state index in [1.807, 2.05) is 0 Å². The minimum Gasteiger partial charge on any atom is -0.352 e. The van der Waals surface area contributed by atoms with Crippen molar-refractivity contribution in [3.8, 4) is 0 Å². The average Bonchev–Trinajstić information content (AvgIpc) is 2.34. The van der Waals surface area contributed by atoms with E-state index in [4.69, 9.17) is 0 Å². The summed E-state index contributed by atoms with van der Waals surface area (Å²) in [4.78, 5) is 11.6. The first-order chi connectivity index (χ1) is 8.13. The molecule has 0 aliphatic rings. The Labute approximate surface area is 110 Å². The highest BCUT2D eigenvalue weighted by molar-refractivity contribution is 9.09. The maximum Gasteiger partial charge on any atom is 0.251 e. The third kappa shape index (κ3) is 5.31. The van der Waals surface area contributed by atoms with Gasteiger partial charge in [0.15, 0.2) is 0 Å². The summed E-state index contributed by atoms with van der Waals surface area (Å²) in [5.74, 6) is 0.155. The number of rotatable bonds is 6. The van der Waals surface area contributed by atoms with Gasteiger partial charge in [0.25, 0.3) is 5.91 Å². The quantitative estimate of drug-likeness (QED) is 0.633. The van der Waals surface area contributed by atoms with E-state index < -0.39 is 0 Å². The molecule has 0 bridgehead atoms. The summed E-state index contributed by atoms with van der Waals surface area (Å²) in [5.41, 5.74) is 0.500. The number of hydrogen-bond donors (Lipinski definition) is 1. The van der Waals surface area contributed by atoms with Crippen LogP contribution < -0.4 is 5.32 Å². The van der Waals surface area contributed by atoms with Crippen LogP contribution in [0.5, 0.6) is 0 Å². The molecular formula is C13H17BrFNO. The first-order valence-electron chi connectivity index (χ1n) is 5.73. The standard InChI is InChI=1S/C13H17BrFNO/c1-10(9-14)3-2-8-16-13(17)11-4-6-12(15)7-5-11/h4-7,10H,2-3,8-9H2,1H3,(H,16,17). The number of halogens is 2. The van der Waals surface area contributed by atoms with Crippen LogP contribution in [0.3, 0.4) is 0 Å². The summed E-state index contributed by atoms with van der Waals surface area (Å²) >= 11 is 3.42. The molecule has 1 amide bonds. The molecule has 0 aliphatic heterocycles. The van der Waals surface area contributed by atoms with E-state index in [0.29, 0.717) is 18.0 Å². The average molecular weight is 302 g/mol. The summed E-state index contributed by atoms with van der Waals surface area (Å²) in [5, 5.41) is 3.81. The first kappa shape index (κ1) is 14.2. The molecule has 0 aliphatic carbocycles. The van der Waals surface area contributed by atoms with Gasteiger partial charge in [-0.3, -0.25) is 4.79 Å². The lowest BCUT2D eigenvalue weighted by Crippen LogP contribution is -2.24. The maximum absolute atomic E-state index is 12.6. The highest BCUT2D eigenvalue weighted by atomic mass is 79.9. The Kier molecular flexibility index (Phi) is 6.19. The lowest BCUT2D eigenvalue weighted by molar-refractivity contribution is 0.0952. The molecule has 0 heterocycles. The summed E-state index contributed by atoms with van der Waals surface area (Å²) in [6.45, 7) is 2.82. The van der Waals surface area contributed by atoms with Gasteiger partial charge in [0.2, 0.25) is 0 Å². The van der Waals surface area contributed by atoms with Crippen LogP contribution in [0.2, 0.25) is 0 Å². The molecule has 1 rings (SSSR count). The number of amides is 1. The van der Waals surface area contributed by atoms with Crippen molar-refractivity contribution in [1.29, 1.82) is 0 Å². The third-order valence-electron chi connectivity index (χ3n) is 2.53. The van der Waals surface area contributed by atoms with Crippen molar-refractivity contribution in [2.75, 3.05) is 11.9 Å². The number of benzene rings is 1. The number of carbonyl (C=O) groups is 1. The van der Waals surface area contributed by atoms with Gasteiger partial charge < -0.3 is 5.32 Å². The van der Waals surface area contributed by atoms with Gasteiger partial charge in [-0.2, -0.15) is 0 Å². The summed E-state index contributed by atoms with van der Waals surface area (Å²) in [6.07, 6.45) is 2.04. The van der Waals surface area contributed by atoms with Gasteiger partial charge >= 0.3 is 0 Å². The molecule has 1 aromatic rings. The molecule has 1 N–H and O–H groups in total. The van der Waals surface area contributed by atoms with Gasteiger partial charge in [-0.15, -0.1) is 0 Å². The number of carbonyl (C=O) groups excluding carboxylic acids is 1. The molecule has 0 aromatic heterocycles. The van der Waals surface area contributed by atoms with Crippen molar-refractivity contribution < 1.29 is 9.18 Å². The predicted octanol–water partition coefficient (Wildman–Crippen LogP) is 3.37. The molecule has 17 heavy (non-hydrogen) atoms. The second kappa shape index (κ2) is 7.43. The van der Waals surface area contributed by atoms with Gasteiger partial charge in [0.1, 0.15) is 5.82 Å². The van der Waals surface area contributed by atoms with Gasteiger partial charge in [-0.05, 0) is 43.0 Å². The lowest BCUT2D eigenvalue weighted by atomic mass is 10.1. The van der Waals surface area contributed by atoms with Crippen molar-refractivity contribution in [3.63, 3.8) is 0 Å². The Balaban J connectivity index is 2.28. The van der Waals surface area contributed by atoms with Crippen molar-refractivity contribution >= 4 is 21.8 Å². The van der Waals surface area contributed by atoms with Crippen LogP contribution in [0.25, 0.3) is 0 Å². The van der Waals surface area contributed by atoms with E-state index in [-0.39, 0.29) is 11.7 Å². The van der Waals surface area contributed by atoms with E-state index >= 15 is 0 Å². The number of nitrogens with one attached hydrogen (secondary N) is 1. The van der Waals surface area contributed by atoms with Crippen molar-refractivity contribution in [1.82, 2.24) is 5.32 Å². The van der Waals surface area contributed by atoms with E-state index in [0.717, 1.165) is 18.2 Å². The molecule has 0 saturated heterocycles. The minimum atomic E-state index is -0.326. The van der Waals surface area contributed by atoms with E-state index in [1.165, 1.54) is 24.3 Å². The number of alkyl halides is 1. The van der Waals surface area contributed by atoms with Crippen LogP contribution in [-0.2, 0) is 0 Å². The molecule has 0 radical (unpaired) electrons. The predicted molar refractivity (Wildman–Crippen MR) is 70.9 cm³/mol. The Morgan fingerprint density at radius 1 is 1.41 bits per heavy atom. The molecule has 0 spiro atoms. The molecule has 1 aromatic carbocycles. The fourth-order valence-electron chi connectivity index (χ4n) is 1.43. The highest BCUT2D eigenvalue weighted by Crippen LogP contribution is 2.08. The molecule has 4 heteroatoms. The smallest absolute Gasteiger partial charge is 0.251 e. The molecular weight excluding hydrogens is 285 g/mol. The molecule has 94 valence electrons. The van der Waals surface area contributed by atoms with Gasteiger partial charge in [-0.25, -0.2) is 4.39 Å². The Morgan fingerprint density at radius 3 is 2.65 bits per heavy atom. The fourth-order valence-corrected chi connectivity index (χ4v) is 1.76. The maximum atomic E-state index is 12.6. The Hall–Kier alpha value is -0.900. The van der Waals surface area contributed by atoms with Gasteiger partial charge in [0, 0.05) is 17.4 Å². The molecule has 1 atom stereocenters. The highest BCUT2D eigenvalue weighted by Gasteiger charge is 2.05. The van der Waals surface area contributed by atoms with Crippen molar-refractivity contribution in [2.45, 2.75) is 19.8 Å². The van der Waals surface area contributed by atoms with Crippen molar-refractivity contribution in [3.05, 3.63) is 35.6 Å². The fraction of sp³-hybridized carbons (Fsp3) is 0.462. The zero-order chi connectivity index (χ0) is 12.7. The molecule has 0 fully saturated rings. The normalized spacial score (nSPS) is 12.2. The zero-order valence-corrected chi connectivity index (χ0v) is 11.5. The van der Waals surface area contributed by atoms with Gasteiger partial charge in [0.05, 0.1) is 0 Å². The summed E-state index contributed by atoms with van der Waals surface area (Å²) < 4.78 is 12.6. The third-order valence-corrected chi connectivity index (χ3v) is 3.63. The molecule has 0 saturated carbocycles. The minimum absolute atomic E-state index is 0.142. The SMILES string of the molecule is CC(CBr)CCCNC(=O)c1ccc(F)cc1. The first-order valence-corrected chi connectivity index (χ1v) is 6.85. The van der Waals surface area contributed by atoms with Crippen LogP contribution in [0, 0.1) is 11.7 Å². The van der Waals surface area contributed by atoms with E-state index in [1.54, 1.807) is 0 Å². The van der Waals surface area contributed by atoms with Crippen LogP contribution in [-0.4, -0.2) is 17.8 Å². The molecule has 2 nitrogen and oxygen atoms in total. The molecule has 1 unspecified atom stereocenters. The largest absolute Gasteiger partial charge is 0.352 e. The summed E-state index contributed by atoms with van der Waals surface area (Å²) in [7, 11) is 0. The van der Waals surface area contributed by atoms with E-state index in [9.17, 15) is 9.18 Å². The van der Waals surface area contributed by atoms with Crippen molar-refractivity contribution in [2.24, 2.45) is 5.92 Å². The zero-order valence-electron chi connectivity index (χ0n) is 9.88. The van der Waals surface area contributed by atoms with Crippen LogP contribution in [0.15, 0.2) is 24.3 Å². The Morgan fingerprint density at radius 2 is 2.06 bits per heavy atom. The second-order valence-corrected chi connectivity index (χ2v) is 4.81. The van der Waals surface area contributed by atoms with Crippen LogP contribution in [0.1, 0.15) is 30.1 Å². The summed E-state index contributed by atoms with van der Waals surface area (Å²) in [6, 6.07) is 5.57. The number of hydrogen-bond acceptors (Lipinski definition) is 1.